The van der Waals surface area contributed by atoms with Crippen LogP contribution in [-0.4, -0.2) is 55.7 Å². The van der Waals surface area contributed by atoms with E-state index < -0.39 is 21.3 Å². The van der Waals surface area contributed by atoms with Crippen LogP contribution in [0.1, 0.15) is 15.8 Å². The molecule has 1 N–H and O–H groups in total. The molecular weight excluding hydrogens is 521 g/mol. The number of amides is 2. The van der Waals surface area contributed by atoms with Crippen LogP contribution in [0.2, 0.25) is 9.36 Å². The average molecular weight is 542 g/mol. The summed E-state index contributed by atoms with van der Waals surface area (Å²) in [6, 6.07) is 6.06. The van der Waals surface area contributed by atoms with E-state index in [2.05, 4.69) is 21.4 Å². The molecule has 1 atom stereocenters. The third-order valence-electron chi connectivity index (χ3n) is 5.25. The van der Waals surface area contributed by atoms with Crippen molar-refractivity contribution in [3.63, 3.8) is 0 Å². The highest BCUT2D eigenvalue weighted by molar-refractivity contribution is 7.90. The fraction of sp³-hybridized carbons (Fsp3) is 0.286. The topological polar surface area (TPSA) is 109 Å². The number of aryl methyl sites for hydroxylation is 1. The Kier molecular flexibility index (Phi) is 7.17. The fourth-order valence-electron chi connectivity index (χ4n) is 3.55. The number of hydrogen-bond donors (Lipinski definition) is 1. The highest BCUT2D eigenvalue weighted by Gasteiger charge is 2.31. The molecule has 0 radical (unpaired) electrons. The van der Waals surface area contributed by atoms with E-state index in [1.54, 1.807) is 30.5 Å². The second-order valence-electron chi connectivity index (χ2n) is 7.59. The molecule has 0 saturated carbocycles. The van der Waals surface area contributed by atoms with Crippen molar-refractivity contribution in [3.05, 3.63) is 63.0 Å². The van der Waals surface area contributed by atoms with Gasteiger partial charge in [0.2, 0.25) is 10.0 Å². The number of nitrogens with zero attached hydrogens (tertiary/aromatic N) is 4. The monoisotopic (exact) mass is 541 g/mol. The molecule has 34 heavy (non-hydrogen) atoms. The molecule has 3 aromatic heterocycles. The summed E-state index contributed by atoms with van der Waals surface area (Å²) >= 11 is 13.5. The van der Waals surface area contributed by atoms with E-state index in [4.69, 9.17) is 27.7 Å². The molecule has 180 valence electrons. The predicted octanol–water partition coefficient (Wildman–Crippen LogP) is 4.50. The van der Waals surface area contributed by atoms with Crippen molar-refractivity contribution in [3.8, 4) is 11.3 Å². The summed E-state index contributed by atoms with van der Waals surface area (Å²) in [5.41, 5.74) is 1.46. The second-order valence-corrected chi connectivity index (χ2v) is 11.5. The lowest BCUT2D eigenvalue weighted by Gasteiger charge is -2.35. The minimum atomic E-state index is -4.03. The summed E-state index contributed by atoms with van der Waals surface area (Å²) < 4.78 is 33.4. The van der Waals surface area contributed by atoms with Gasteiger partial charge in [0, 0.05) is 48.9 Å². The van der Waals surface area contributed by atoms with Gasteiger partial charge in [-0.15, -0.1) is 17.9 Å². The van der Waals surface area contributed by atoms with Gasteiger partial charge in [0.25, 0.3) is 0 Å². The molecule has 2 amide bonds. The molecule has 1 saturated heterocycles. The quantitative estimate of drug-likeness (QED) is 0.457. The van der Waals surface area contributed by atoms with Crippen LogP contribution in [0.3, 0.4) is 0 Å². The third-order valence-corrected chi connectivity index (χ3v) is 8.57. The summed E-state index contributed by atoms with van der Waals surface area (Å²) in [4.78, 5) is 21.0. The first-order valence-corrected chi connectivity index (χ1v) is 13.3. The molecular formula is C21H21Cl2N5O4S2. The lowest BCUT2D eigenvalue weighted by Crippen LogP contribution is -2.53. The molecule has 1 aliphatic heterocycles. The number of carbonyl (C=O) groups excluding carboxylic acids is 1. The van der Waals surface area contributed by atoms with Gasteiger partial charge in [0.1, 0.15) is 11.1 Å². The fourth-order valence-corrected chi connectivity index (χ4v) is 6.53. The van der Waals surface area contributed by atoms with Crippen molar-refractivity contribution in [1.82, 2.24) is 19.8 Å². The number of nitrogens with one attached hydrogen (secondary N) is 1. The Morgan fingerprint density at radius 1 is 1.26 bits per heavy atom. The zero-order valence-corrected chi connectivity index (χ0v) is 21.2. The van der Waals surface area contributed by atoms with Crippen LogP contribution in [0.15, 0.2) is 47.6 Å². The molecule has 4 rings (SSSR count). The normalized spacial score (nSPS) is 15.3. The molecule has 9 nitrogen and oxygen atoms in total. The van der Waals surface area contributed by atoms with Crippen molar-refractivity contribution >= 4 is 56.4 Å². The molecule has 4 heterocycles. The van der Waals surface area contributed by atoms with Crippen molar-refractivity contribution in [2.24, 2.45) is 0 Å². The second kappa shape index (κ2) is 9.95. The van der Waals surface area contributed by atoms with Gasteiger partial charge in [-0.2, -0.15) is 0 Å². The first kappa shape index (κ1) is 24.5. The van der Waals surface area contributed by atoms with Gasteiger partial charge in [0.05, 0.1) is 15.1 Å². The van der Waals surface area contributed by atoms with Crippen LogP contribution in [-0.2, 0) is 10.0 Å². The van der Waals surface area contributed by atoms with E-state index in [-0.39, 0.29) is 0 Å². The highest BCUT2D eigenvalue weighted by atomic mass is 35.5. The van der Waals surface area contributed by atoms with Gasteiger partial charge in [-0.05, 0) is 25.1 Å². The largest absolute Gasteiger partial charge is 0.356 e. The zero-order valence-electron chi connectivity index (χ0n) is 18.1. The van der Waals surface area contributed by atoms with Crippen molar-refractivity contribution in [2.45, 2.75) is 12.2 Å². The van der Waals surface area contributed by atoms with Gasteiger partial charge >= 0.3 is 6.03 Å². The third kappa shape index (κ3) is 5.22. The summed E-state index contributed by atoms with van der Waals surface area (Å²) in [5.74, 6) is 1.15. The van der Waals surface area contributed by atoms with E-state index in [9.17, 15) is 13.2 Å². The summed E-state index contributed by atoms with van der Waals surface area (Å²) in [7, 11) is -4.03. The van der Waals surface area contributed by atoms with Crippen LogP contribution >= 0.6 is 34.5 Å². The van der Waals surface area contributed by atoms with Crippen LogP contribution in [0, 0.1) is 6.92 Å². The number of pyridine rings is 1. The van der Waals surface area contributed by atoms with E-state index >= 15 is 0 Å². The Morgan fingerprint density at radius 2 is 2.00 bits per heavy atom. The number of halogens is 2. The Morgan fingerprint density at radius 3 is 2.56 bits per heavy atom. The molecule has 0 aliphatic carbocycles. The van der Waals surface area contributed by atoms with Crippen molar-refractivity contribution < 1.29 is 17.7 Å². The Bertz CT molecular complexity index is 1320. The molecule has 3 aromatic rings. The van der Waals surface area contributed by atoms with E-state index in [1.165, 1.54) is 11.0 Å². The maximum absolute atomic E-state index is 12.8. The van der Waals surface area contributed by atoms with Gasteiger partial charge in [-0.25, -0.2) is 22.9 Å². The Balaban J connectivity index is 1.38. The zero-order chi connectivity index (χ0) is 24.5. The minimum Gasteiger partial charge on any atom is -0.356 e. The number of piperazine rings is 1. The smallest absolute Gasteiger partial charge is 0.331 e. The lowest BCUT2D eigenvalue weighted by molar-refractivity contribution is 0.200. The van der Waals surface area contributed by atoms with E-state index in [1.807, 2.05) is 11.8 Å². The average Bonchev–Trinajstić information content (AvgIpc) is 3.42. The van der Waals surface area contributed by atoms with Crippen molar-refractivity contribution in [2.75, 3.05) is 31.1 Å². The number of urea groups is 1. The summed E-state index contributed by atoms with van der Waals surface area (Å²) in [6.07, 6.45) is 2.92. The summed E-state index contributed by atoms with van der Waals surface area (Å²) in [6.45, 7) is 6.89. The standard InChI is InChI=1S/C21H21Cl2N5O4S2/c1-3-18(17-4-5-19(23)33-17)34(30,31)26-21(29)28-8-6-27(7-9-28)20-15(22)11-14(12-24-20)16-10-13(2)25-32-16/h3-5,10-12,18H,1,6-9H2,2H3,(H,26,29). The number of thiophene rings is 1. The maximum Gasteiger partial charge on any atom is 0.331 e. The highest BCUT2D eigenvalue weighted by Crippen LogP contribution is 2.32. The van der Waals surface area contributed by atoms with Crippen LogP contribution in [0.4, 0.5) is 10.6 Å². The Hall–Kier alpha value is -2.60. The molecule has 0 bridgehead atoms. The van der Waals surface area contributed by atoms with Gasteiger partial charge in [-0.1, -0.05) is 34.4 Å². The molecule has 0 spiro atoms. The first-order valence-electron chi connectivity index (χ1n) is 10.2. The SMILES string of the molecule is C=CC(c1ccc(Cl)s1)S(=O)(=O)NC(=O)N1CCN(c2ncc(-c3cc(C)no3)cc2Cl)CC1. The van der Waals surface area contributed by atoms with Gasteiger partial charge in [-0.3, -0.25) is 0 Å². The number of anilines is 1. The number of carbonyl (C=O) groups is 1. The van der Waals surface area contributed by atoms with Crippen LogP contribution in [0.5, 0.6) is 0 Å². The first-order chi connectivity index (χ1) is 16.2. The minimum absolute atomic E-state index is 0.298. The van der Waals surface area contributed by atoms with Gasteiger partial charge in [0.15, 0.2) is 5.76 Å². The number of rotatable bonds is 6. The molecule has 13 heteroatoms. The molecule has 1 aliphatic rings. The molecule has 1 fully saturated rings. The molecule has 1 unspecified atom stereocenters. The number of sulfonamides is 1. The Labute approximate surface area is 211 Å². The predicted molar refractivity (Wildman–Crippen MR) is 133 cm³/mol. The lowest BCUT2D eigenvalue weighted by atomic mass is 10.2. The number of hydrogen-bond acceptors (Lipinski definition) is 8. The van der Waals surface area contributed by atoms with Crippen LogP contribution in [0.25, 0.3) is 11.3 Å². The summed E-state index contributed by atoms with van der Waals surface area (Å²) in [5, 5.41) is 3.23. The maximum atomic E-state index is 12.8. The molecule has 0 aromatic carbocycles. The van der Waals surface area contributed by atoms with Crippen molar-refractivity contribution in [1.29, 1.82) is 0 Å². The number of aromatic nitrogens is 2. The van der Waals surface area contributed by atoms with E-state index in [0.29, 0.717) is 57.6 Å². The van der Waals surface area contributed by atoms with E-state index in [0.717, 1.165) is 17.0 Å². The van der Waals surface area contributed by atoms with Gasteiger partial charge < -0.3 is 14.3 Å². The van der Waals surface area contributed by atoms with Crippen LogP contribution < -0.4 is 9.62 Å².